The van der Waals surface area contributed by atoms with E-state index >= 15 is 0 Å². The van der Waals surface area contributed by atoms with Crippen molar-refractivity contribution in [2.24, 2.45) is 0 Å². The predicted molar refractivity (Wildman–Crippen MR) is 43.7 cm³/mol. The normalized spacial score (nSPS) is 37.4. The molecular formula is C8H15NO3. The van der Waals surface area contributed by atoms with Crippen LogP contribution in [0.1, 0.15) is 13.3 Å². The molecule has 0 aromatic rings. The first-order valence-corrected chi connectivity index (χ1v) is 4.06. The summed E-state index contributed by atoms with van der Waals surface area (Å²) in [6.07, 6.45) is -0.630. The second kappa shape index (κ2) is 3.51. The quantitative estimate of drug-likeness (QED) is 0.587. The van der Waals surface area contributed by atoms with Crippen LogP contribution in [-0.4, -0.2) is 48.3 Å². The number of Topliss-reactive ketones (excluding diaryl/α,β-unsaturated/α-hetero) is 1. The summed E-state index contributed by atoms with van der Waals surface area (Å²) in [5, 5.41) is 9.17. The molecule has 0 amide bonds. The molecule has 0 bridgehead atoms. The molecule has 4 heteroatoms. The number of nitrogens with zero attached hydrogens (tertiary/aromatic N) is 1. The molecule has 12 heavy (non-hydrogen) atoms. The maximum atomic E-state index is 11.3. The smallest absolute Gasteiger partial charge is 0.217 e. The number of hydrogen-bond donors (Lipinski definition) is 1. The van der Waals surface area contributed by atoms with Crippen LogP contribution in [0.3, 0.4) is 0 Å². The number of aliphatic hydroxyl groups excluding tert-OH is 1. The summed E-state index contributed by atoms with van der Waals surface area (Å²) in [5.41, 5.74) is 0. The van der Waals surface area contributed by atoms with Crippen LogP contribution in [-0.2, 0) is 9.53 Å². The van der Waals surface area contributed by atoms with Crippen molar-refractivity contribution in [1.82, 2.24) is 4.90 Å². The van der Waals surface area contributed by atoms with Gasteiger partial charge in [-0.15, -0.1) is 0 Å². The van der Waals surface area contributed by atoms with Gasteiger partial charge in [0.25, 0.3) is 0 Å². The molecular weight excluding hydrogens is 158 g/mol. The largest absolute Gasteiger partial charge is 0.362 e. The zero-order chi connectivity index (χ0) is 9.30. The van der Waals surface area contributed by atoms with Gasteiger partial charge in [0.15, 0.2) is 0 Å². The second-order valence-corrected chi connectivity index (χ2v) is 3.42. The summed E-state index contributed by atoms with van der Waals surface area (Å²) in [4.78, 5) is 13.1. The molecule has 3 atom stereocenters. The Morgan fingerprint density at radius 3 is 2.67 bits per heavy atom. The first-order valence-electron chi connectivity index (χ1n) is 4.06. The highest BCUT2D eigenvalue weighted by Gasteiger charge is 2.35. The van der Waals surface area contributed by atoms with Crippen molar-refractivity contribution in [3.8, 4) is 0 Å². The van der Waals surface area contributed by atoms with Gasteiger partial charge in [-0.25, -0.2) is 0 Å². The molecule has 0 spiro atoms. The number of aliphatic hydroxyl groups is 1. The first kappa shape index (κ1) is 9.64. The van der Waals surface area contributed by atoms with Gasteiger partial charge < -0.3 is 9.84 Å². The van der Waals surface area contributed by atoms with Gasteiger partial charge in [-0.05, 0) is 27.4 Å². The van der Waals surface area contributed by atoms with E-state index in [4.69, 9.17) is 9.84 Å². The Morgan fingerprint density at radius 2 is 2.17 bits per heavy atom. The van der Waals surface area contributed by atoms with Crippen LogP contribution in [0, 0.1) is 0 Å². The lowest BCUT2D eigenvalue weighted by Crippen LogP contribution is -2.50. The maximum Gasteiger partial charge on any atom is 0.217 e. The fourth-order valence-electron chi connectivity index (χ4n) is 1.40. The Hall–Kier alpha value is -0.450. The first-order chi connectivity index (χ1) is 5.52. The van der Waals surface area contributed by atoms with Gasteiger partial charge in [0.2, 0.25) is 12.1 Å². The van der Waals surface area contributed by atoms with E-state index in [1.807, 2.05) is 25.9 Å². The minimum absolute atomic E-state index is 0.0508. The average Bonchev–Trinajstić information content (AvgIpc) is 1.96. The molecule has 1 aliphatic rings. The maximum absolute atomic E-state index is 11.3. The Balaban J connectivity index is 2.66. The third kappa shape index (κ3) is 1.83. The number of hydrogen-bond acceptors (Lipinski definition) is 4. The summed E-state index contributed by atoms with van der Waals surface area (Å²) in [5.74, 6) is -0.238. The minimum Gasteiger partial charge on any atom is -0.362 e. The molecule has 0 aromatic heterocycles. The highest BCUT2D eigenvalue weighted by Crippen LogP contribution is 2.17. The summed E-state index contributed by atoms with van der Waals surface area (Å²) >= 11 is 0. The molecule has 0 saturated carbocycles. The lowest BCUT2D eigenvalue weighted by molar-refractivity contribution is -0.185. The number of carbonyl (C=O) groups is 1. The van der Waals surface area contributed by atoms with E-state index in [1.54, 1.807) is 0 Å². The van der Waals surface area contributed by atoms with Crippen LogP contribution in [0.25, 0.3) is 0 Å². The zero-order valence-electron chi connectivity index (χ0n) is 7.65. The van der Waals surface area contributed by atoms with Crippen LogP contribution < -0.4 is 0 Å². The standard InChI is InChI=1S/C8H15NO3/c1-5-4-6(9(2)3)7(10)8(11)12-5/h5-6,8,11H,4H2,1-3H3/t5-,6+,8?/m1/s1. The van der Waals surface area contributed by atoms with Gasteiger partial charge in [-0.1, -0.05) is 0 Å². The van der Waals surface area contributed by atoms with Crippen molar-refractivity contribution in [3.63, 3.8) is 0 Å². The lowest BCUT2D eigenvalue weighted by atomic mass is 10.0. The Morgan fingerprint density at radius 1 is 1.58 bits per heavy atom. The topological polar surface area (TPSA) is 49.8 Å². The second-order valence-electron chi connectivity index (χ2n) is 3.42. The van der Waals surface area contributed by atoms with Crippen molar-refractivity contribution < 1.29 is 14.6 Å². The molecule has 70 valence electrons. The van der Waals surface area contributed by atoms with E-state index in [2.05, 4.69) is 0 Å². The van der Waals surface area contributed by atoms with E-state index in [0.29, 0.717) is 6.42 Å². The number of rotatable bonds is 1. The van der Waals surface area contributed by atoms with Crippen molar-refractivity contribution in [1.29, 1.82) is 0 Å². The molecule has 1 rings (SSSR count). The summed E-state index contributed by atoms with van der Waals surface area (Å²) < 4.78 is 4.96. The van der Waals surface area contributed by atoms with E-state index in [9.17, 15) is 4.79 Å². The molecule has 0 aliphatic carbocycles. The number of carbonyl (C=O) groups excluding carboxylic acids is 1. The zero-order valence-corrected chi connectivity index (χ0v) is 7.65. The molecule has 1 heterocycles. The van der Waals surface area contributed by atoms with Crippen LogP contribution in [0.5, 0.6) is 0 Å². The molecule has 4 nitrogen and oxygen atoms in total. The monoisotopic (exact) mass is 173 g/mol. The number of ether oxygens (including phenoxy) is 1. The Bertz CT molecular complexity index is 181. The molecule has 1 unspecified atom stereocenters. The third-order valence-electron chi connectivity index (χ3n) is 2.11. The Labute approximate surface area is 72.1 Å². The SMILES string of the molecule is C[C@@H]1C[C@H](N(C)C)C(=O)C(O)O1. The fraction of sp³-hybridized carbons (Fsp3) is 0.875. The number of ketones is 1. The average molecular weight is 173 g/mol. The van der Waals surface area contributed by atoms with Crippen LogP contribution in [0.15, 0.2) is 0 Å². The molecule has 1 fully saturated rings. The van der Waals surface area contributed by atoms with Crippen molar-refractivity contribution >= 4 is 5.78 Å². The van der Waals surface area contributed by atoms with E-state index in [0.717, 1.165) is 0 Å². The van der Waals surface area contributed by atoms with E-state index in [1.165, 1.54) is 0 Å². The van der Waals surface area contributed by atoms with Gasteiger partial charge in [-0.3, -0.25) is 9.69 Å². The van der Waals surface area contributed by atoms with Crippen molar-refractivity contribution in [3.05, 3.63) is 0 Å². The van der Waals surface area contributed by atoms with Crippen LogP contribution in [0.2, 0.25) is 0 Å². The van der Waals surface area contributed by atoms with Crippen molar-refractivity contribution in [2.75, 3.05) is 14.1 Å². The van der Waals surface area contributed by atoms with Crippen molar-refractivity contribution in [2.45, 2.75) is 31.8 Å². The van der Waals surface area contributed by atoms with Gasteiger partial charge in [-0.2, -0.15) is 0 Å². The minimum atomic E-state index is -1.24. The molecule has 1 aliphatic heterocycles. The van der Waals surface area contributed by atoms with Gasteiger partial charge in [0.05, 0.1) is 12.1 Å². The molecule has 1 N–H and O–H groups in total. The number of likely N-dealkylation sites (N-methyl/N-ethyl adjacent to an activating group) is 1. The van der Waals surface area contributed by atoms with E-state index in [-0.39, 0.29) is 17.9 Å². The van der Waals surface area contributed by atoms with Crippen LogP contribution in [0.4, 0.5) is 0 Å². The fourth-order valence-corrected chi connectivity index (χ4v) is 1.40. The highest BCUT2D eigenvalue weighted by molar-refractivity contribution is 5.87. The van der Waals surface area contributed by atoms with Gasteiger partial charge >= 0.3 is 0 Å². The third-order valence-corrected chi connectivity index (χ3v) is 2.11. The van der Waals surface area contributed by atoms with Crippen LogP contribution >= 0.6 is 0 Å². The Kier molecular flexibility index (Phi) is 2.82. The van der Waals surface area contributed by atoms with E-state index < -0.39 is 6.29 Å². The molecule has 0 radical (unpaired) electrons. The summed E-state index contributed by atoms with van der Waals surface area (Å²) in [7, 11) is 3.65. The molecule has 1 saturated heterocycles. The van der Waals surface area contributed by atoms with Gasteiger partial charge in [0.1, 0.15) is 0 Å². The summed E-state index contributed by atoms with van der Waals surface area (Å²) in [6.45, 7) is 1.85. The van der Waals surface area contributed by atoms with Gasteiger partial charge in [0, 0.05) is 0 Å². The lowest BCUT2D eigenvalue weighted by Gasteiger charge is -2.33. The predicted octanol–water partition coefficient (Wildman–Crippen LogP) is -0.387. The molecule has 0 aromatic carbocycles. The highest BCUT2D eigenvalue weighted by atomic mass is 16.6. The summed E-state index contributed by atoms with van der Waals surface area (Å²) in [6, 6.07) is -0.205.